The van der Waals surface area contributed by atoms with E-state index in [0.29, 0.717) is 6.61 Å². The molecule has 0 spiro atoms. The van der Waals surface area contributed by atoms with Crippen molar-refractivity contribution >= 4 is 0 Å². The predicted octanol–water partition coefficient (Wildman–Crippen LogP) is 2.30. The highest BCUT2D eigenvalue weighted by atomic mass is 19.1. The highest BCUT2D eigenvalue weighted by Crippen LogP contribution is 2.16. The summed E-state index contributed by atoms with van der Waals surface area (Å²) in [4.78, 5) is 3.84. The fraction of sp³-hybridized carbons (Fsp3) is 0.583. The molecular weight excluding hydrogens is 207 g/mol. The minimum Gasteiger partial charge on any atom is -0.383 e. The lowest BCUT2D eigenvalue weighted by atomic mass is 10.0. The predicted molar refractivity (Wildman–Crippen MR) is 61.7 cm³/mol. The van der Waals surface area contributed by atoms with Crippen molar-refractivity contribution < 1.29 is 9.13 Å². The zero-order valence-corrected chi connectivity index (χ0v) is 10.2. The average molecular weight is 226 g/mol. The Balaban J connectivity index is 2.68. The SMILES string of the molecule is COCC(C)(C)NC(C)c1cncc(F)c1. The van der Waals surface area contributed by atoms with Crippen LogP contribution >= 0.6 is 0 Å². The van der Waals surface area contributed by atoms with Gasteiger partial charge in [0.15, 0.2) is 0 Å². The van der Waals surface area contributed by atoms with E-state index in [1.807, 2.05) is 20.8 Å². The lowest BCUT2D eigenvalue weighted by Gasteiger charge is -2.29. The second-order valence-electron chi connectivity index (χ2n) is 4.62. The summed E-state index contributed by atoms with van der Waals surface area (Å²) < 4.78 is 18.1. The number of aromatic nitrogens is 1. The van der Waals surface area contributed by atoms with Gasteiger partial charge in [0.05, 0.1) is 12.8 Å². The van der Waals surface area contributed by atoms with Crippen molar-refractivity contribution in [1.82, 2.24) is 10.3 Å². The second kappa shape index (κ2) is 5.37. The third-order valence-corrected chi connectivity index (χ3v) is 2.34. The molecule has 16 heavy (non-hydrogen) atoms. The van der Waals surface area contributed by atoms with Gasteiger partial charge in [-0.3, -0.25) is 4.98 Å². The fourth-order valence-electron chi connectivity index (χ4n) is 1.74. The zero-order chi connectivity index (χ0) is 12.2. The van der Waals surface area contributed by atoms with Crippen molar-refractivity contribution in [1.29, 1.82) is 0 Å². The summed E-state index contributed by atoms with van der Waals surface area (Å²) >= 11 is 0. The molecule has 4 heteroatoms. The van der Waals surface area contributed by atoms with Gasteiger partial charge in [0.1, 0.15) is 5.82 Å². The molecule has 0 aromatic carbocycles. The van der Waals surface area contributed by atoms with Gasteiger partial charge < -0.3 is 10.1 Å². The average Bonchev–Trinajstić information content (AvgIpc) is 2.16. The lowest BCUT2D eigenvalue weighted by molar-refractivity contribution is 0.122. The van der Waals surface area contributed by atoms with Crippen LogP contribution in [0.15, 0.2) is 18.5 Å². The molecule has 0 aliphatic heterocycles. The monoisotopic (exact) mass is 226 g/mol. The second-order valence-corrected chi connectivity index (χ2v) is 4.62. The Morgan fingerprint density at radius 1 is 1.50 bits per heavy atom. The van der Waals surface area contributed by atoms with Gasteiger partial charge in [-0.05, 0) is 32.4 Å². The van der Waals surface area contributed by atoms with Gasteiger partial charge in [-0.2, -0.15) is 0 Å². The first-order chi connectivity index (χ1) is 7.44. The highest BCUT2D eigenvalue weighted by molar-refractivity contribution is 5.14. The summed E-state index contributed by atoms with van der Waals surface area (Å²) in [6.45, 7) is 6.66. The highest BCUT2D eigenvalue weighted by Gasteiger charge is 2.20. The van der Waals surface area contributed by atoms with Crippen molar-refractivity contribution in [2.45, 2.75) is 32.4 Å². The van der Waals surface area contributed by atoms with Gasteiger partial charge >= 0.3 is 0 Å². The largest absolute Gasteiger partial charge is 0.383 e. The topological polar surface area (TPSA) is 34.1 Å². The van der Waals surface area contributed by atoms with Gasteiger partial charge in [-0.1, -0.05) is 0 Å². The van der Waals surface area contributed by atoms with Gasteiger partial charge in [-0.15, -0.1) is 0 Å². The molecule has 1 atom stereocenters. The van der Waals surface area contributed by atoms with Crippen molar-refractivity contribution in [2.75, 3.05) is 13.7 Å². The summed E-state index contributed by atoms with van der Waals surface area (Å²) in [6.07, 6.45) is 2.88. The number of hydrogen-bond acceptors (Lipinski definition) is 3. The number of nitrogens with zero attached hydrogens (tertiary/aromatic N) is 1. The van der Waals surface area contributed by atoms with Crippen LogP contribution < -0.4 is 5.32 Å². The van der Waals surface area contributed by atoms with E-state index in [-0.39, 0.29) is 17.4 Å². The molecule has 1 aromatic heterocycles. The van der Waals surface area contributed by atoms with E-state index < -0.39 is 0 Å². The maximum Gasteiger partial charge on any atom is 0.141 e. The standard InChI is InChI=1S/C12H19FN2O/c1-9(15-12(2,3)8-16-4)10-5-11(13)7-14-6-10/h5-7,9,15H,8H2,1-4H3. The summed E-state index contributed by atoms with van der Waals surface area (Å²) in [5.41, 5.74) is 0.685. The Hall–Kier alpha value is -1.00. The van der Waals surface area contributed by atoms with Crippen LogP contribution in [0.3, 0.4) is 0 Å². The van der Waals surface area contributed by atoms with E-state index in [1.165, 1.54) is 12.3 Å². The minimum absolute atomic E-state index is 0.0355. The van der Waals surface area contributed by atoms with Crippen molar-refractivity contribution in [2.24, 2.45) is 0 Å². The first-order valence-electron chi connectivity index (χ1n) is 5.32. The minimum atomic E-state index is -0.310. The molecule has 3 nitrogen and oxygen atoms in total. The Morgan fingerprint density at radius 3 is 2.75 bits per heavy atom. The molecule has 1 rings (SSSR count). The Labute approximate surface area is 96.0 Å². The van der Waals surface area contributed by atoms with E-state index in [2.05, 4.69) is 10.3 Å². The Kier molecular flexibility index (Phi) is 4.38. The number of hydrogen-bond donors (Lipinski definition) is 1. The smallest absolute Gasteiger partial charge is 0.141 e. The Morgan fingerprint density at radius 2 is 2.19 bits per heavy atom. The number of halogens is 1. The van der Waals surface area contributed by atoms with Crippen LogP contribution in [0.2, 0.25) is 0 Å². The number of rotatable bonds is 5. The molecule has 0 saturated carbocycles. The maximum absolute atomic E-state index is 13.0. The molecule has 0 bridgehead atoms. The molecule has 0 aliphatic carbocycles. The van der Waals surface area contributed by atoms with Crippen molar-refractivity contribution in [3.8, 4) is 0 Å². The van der Waals surface area contributed by atoms with E-state index >= 15 is 0 Å². The van der Waals surface area contributed by atoms with E-state index in [4.69, 9.17) is 4.74 Å². The van der Waals surface area contributed by atoms with Crippen LogP contribution in [-0.2, 0) is 4.74 Å². The molecule has 90 valence electrons. The molecule has 0 saturated heterocycles. The normalized spacial score (nSPS) is 13.8. The van der Waals surface area contributed by atoms with Crippen LogP contribution in [-0.4, -0.2) is 24.2 Å². The van der Waals surface area contributed by atoms with Crippen LogP contribution in [0.4, 0.5) is 4.39 Å². The molecule has 0 fully saturated rings. The summed E-state index contributed by atoms with van der Waals surface area (Å²) in [6, 6.07) is 1.53. The summed E-state index contributed by atoms with van der Waals surface area (Å²) in [7, 11) is 1.66. The number of nitrogens with one attached hydrogen (secondary N) is 1. The van der Waals surface area contributed by atoms with Crippen LogP contribution in [0, 0.1) is 5.82 Å². The zero-order valence-electron chi connectivity index (χ0n) is 10.2. The summed E-state index contributed by atoms with van der Waals surface area (Å²) in [5.74, 6) is -0.310. The van der Waals surface area contributed by atoms with Crippen molar-refractivity contribution in [3.63, 3.8) is 0 Å². The van der Waals surface area contributed by atoms with E-state index in [0.717, 1.165) is 5.56 Å². The van der Waals surface area contributed by atoms with Crippen LogP contribution in [0.5, 0.6) is 0 Å². The van der Waals surface area contributed by atoms with Gasteiger partial charge in [0.25, 0.3) is 0 Å². The molecule has 1 aromatic rings. The van der Waals surface area contributed by atoms with Gasteiger partial charge in [-0.25, -0.2) is 4.39 Å². The summed E-state index contributed by atoms with van der Waals surface area (Å²) in [5, 5.41) is 3.37. The molecule has 0 aliphatic rings. The van der Waals surface area contributed by atoms with Crippen molar-refractivity contribution in [3.05, 3.63) is 29.8 Å². The number of pyridine rings is 1. The lowest BCUT2D eigenvalue weighted by Crippen LogP contribution is -2.44. The third-order valence-electron chi connectivity index (χ3n) is 2.34. The van der Waals surface area contributed by atoms with Crippen LogP contribution in [0.25, 0.3) is 0 Å². The molecule has 1 N–H and O–H groups in total. The van der Waals surface area contributed by atoms with E-state index in [1.54, 1.807) is 13.3 Å². The number of ether oxygens (including phenoxy) is 1. The first kappa shape index (κ1) is 13.1. The quantitative estimate of drug-likeness (QED) is 0.836. The number of methoxy groups -OCH3 is 1. The molecular formula is C12H19FN2O. The molecule has 0 amide bonds. The molecule has 1 unspecified atom stereocenters. The maximum atomic E-state index is 13.0. The first-order valence-corrected chi connectivity index (χ1v) is 5.32. The van der Waals surface area contributed by atoms with Crippen LogP contribution in [0.1, 0.15) is 32.4 Å². The molecule has 1 heterocycles. The molecule has 0 radical (unpaired) electrons. The van der Waals surface area contributed by atoms with E-state index in [9.17, 15) is 4.39 Å². The third kappa shape index (κ3) is 3.87. The van der Waals surface area contributed by atoms with Gasteiger partial charge in [0.2, 0.25) is 0 Å². The van der Waals surface area contributed by atoms with Gasteiger partial charge in [0, 0.05) is 24.9 Å². The Bertz CT molecular complexity index is 342. The fourth-order valence-corrected chi connectivity index (χ4v) is 1.74.